The highest BCUT2D eigenvalue weighted by atomic mass is 79.9. The van der Waals surface area contributed by atoms with Gasteiger partial charge in [-0.15, -0.1) is 17.0 Å². The standard InChI is InChI=1S/C18H15ClN2O3.BrH/c19-13-5-6-15(22)16-12(13)7-8-20-14(16)9-21-17(23)10-3-1-2-4-11(10)18(21)24;/h1-6,14,20,22H,7-9H2;1H. The number of hydrogen-bond donors (Lipinski definition) is 2. The largest absolute Gasteiger partial charge is 0.508 e. The third-order valence-corrected chi connectivity index (χ3v) is 4.99. The van der Waals surface area contributed by atoms with Crippen LogP contribution in [0, 0.1) is 0 Å². The molecule has 0 fully saturated rings. The molecule has 2 N–H and O–H groups in total. The van der Waals surface area contributed by atoms with E-state index in [9.17, 15) is 14.7 Å². The zero-order valence-corrected chi connectivity index (χ0v) is 15.6. The van der Waals surface area contributed by atoms with Crippen LogP contribution >= 0.6 is 28.6 Å². The Bertz CT molecular complexity index is 836. The highest BCUT2D eigenvalue weighted by molar-refractivity contribution is 8.93. The molecule has 1 atom stereocenters. The van der Waals surface area contributed by atoms with Crippen LogP contribution in [-0.2, 0) is 6.42 Å². The van der Waals surface area contributed by atoms with Crippen LogP contribution in [0.5, 0.6) is 5.75 Å². The molecule has 5 nitrogen and oxygen atoms in total. The summed E-state index contributed by atoms with van der Waals surface area (Å²) in [4.78, 5) is 26.3. The van der Waals surface area contributed by atoms with Gasteiger partial charge < -0.3 is 10.4 Å². The van der Waals surface area contributed by atoms with Gasteiger partial charge >= 0.3 is 0 Å². The molecule has 2 aliphatic rings. The van der Waals surface area contributed by atoms with E-state index in [1.807, 2.05) is 0 Å². The zero-order chi connectivity index (χ0) is 16.8. The lowest BCUT2D eigenvalue weighted by Gasteiger charge is -2.30. The number of imide groups is 1. The van der Waals surface area contributed by atoms with Gasteiger partial charge in [0.2, 0.25) is 0 Å². The number of nitrogens with zero attached hydrogens (tertiary/aromatic N) is 1. The van der Waals surface area contributed by atoms with E-state index in [1.165, 1.54) is 4.90 Å². The topological polar surface area (TPSA) is 69.6 Å². The minimum absolute atomic E-state index is 0. The van der Waals surface area contributed by atoms with E-state index in [-0.39, 0.29) is 47.1 Å². The number of hydrogen-bond acceptors (Lipinski definition) is 4. The van der Waals surface area contributed by atoms with Gasteiger partial charge in [-0.05, 0) is 42.8 Å². The van der Waals surface area contributed by atoms with Crippen molar-refractivity contribution in [2.75, 3.05) is 13.1 Å². The second-order valence-corrected chi connectivity index (χ2v) is 6.39. The summed E-state index contributed by atoms with van der Waals surface area (Å²) in [5.41, 5.74) is 2.39. The summed E-state index contributed by atoms with van der Waals surface area (Å²) in [5.74, 6) is -0.472. The first kappa shape index (κ1) is 17.9. The minimum Gasteiger partial charge on any atom is -0.508 e. The predicted octanol–water partition coefficient (Wildman–Crippen LogP) is 3.11. The summed E-state index contributed by atoms with van der Waals surface area (Å²) in [6, 6.07) is 9.68. The lowest BCUT2D eigenvalue weighted by molar-refractivity contribution is 0.0636. The number of fused-ring (bicyclic) bond motifs is 2. The molecule has 0 aromatic heterocycles. The number of rotatable bonds is 2. The van der Waals surface area contributed by atoms with Gasteiger partial charge in [0, 0.05) is 17.1 Å². The quantitative estimate of drug-likeness (QED) is 0.728. The SMILES string of the molecule is Br.O=C1c2ccccc2C(=O)N1CC1NCCc2c(Cl)ccc(O)c21. The van der Waals surface area contributed by atoms with Crippen molar-refractivity contribution in [3.63, 3.8) is 0 Å². The Morgan fingerprint density at radius 3 is 2.40 bits per heavy atom. The summed E-state index contributed by atoms with van der Waals surface area (Å²) < 4.78 is 0. The number of phenols is 1. The first-order valence-corrected chi connectivity index (χ1v) is 8.14. The number of carbonyl (C=O) groups is 2. The molecule has 0 radical (unpaired) electrons. The molecule has 0 bridgehead atoms. The normalized spacial score (nSPS) is 18.6. The van der Waals surface area contributed by atoms with Crippen LogP contribution < -0.4 is 5.32 Å². The van der Waals surface area contributed by atoms with Crippen LogP contribution in [0.4, 0.5) is 0 Å². The molecule has 2 heterocycles. The third-order valence-electron chi connectivity index (χ3n) is 4.63. The van der Waals surface area contributed by atoms with Gasteiger partial charge in [-0.1, -0.05) is 23.7 Å². The summed E-state index contributed by atoms with van der Waals surface area (Å²) in [5, 5.41) is 14.1. The highest BCUT2D eigenvalue weighted by Crippen LogP contribution is 2.37. The fraction of sp³-hybridized carbons (Fsp3) is 0.222. The number of phenolic OH excluding ortho intramolecular Hbond substituents is 1. The summed E-state index contributed by atoms with van der Waals surface area (Å²) in [6.07, 6.45) is 0.696. The second kappa shape index (κ2) is 6.78. The minimum atomic E-state index is -0.338. The van der Waals surface area contributed by atoms with E-state index < -0.39 is 0 Å². The van der Waals surface area contributed by atoms with Crippen molar-refractivity contribution in [1.82, 2.24) is 10.2 Å². The number of benzene rings is 2. The number of amides is 2. The van der Waals surface area contributed by atoms with Crippen molar-refractivity contribution in [1.29, 1.82) is 0 Å². The van der Waals surface area contributed by atoms with E-state index in [0.29, 0.717) is 34.7 Å². The number of nitrogens with one attached hydrogen (secondary N) is 1. The van der Waals surface area contributed by atoms with E-state index in [2.05, 4.69) is 5.32 Å². The molecular formula is C18H16BrClN2O3. The van der Waals surface area contributed by atoms with Crippen LogP contribution in [0.2, 0.25) is 5.02 Å². The lowest BCUT2D eigenvalue weighted by atomic mass is 9.93. The van der Waals surface area contributed by atoms with Crippen LogP contribution in [0.1, 0.15) is 37.9 Å². The summed E-state index contributed by atoms with van der Waals surface area (Å²) in [7, 11) is 0. The van der Waals surface area contributed by atoms with Crippen molar-refractivity contribution in [2.24, 2.45) is 0 Å². The van der Waals surface area contributed by atoms with Gasteiger partial charge in [0.05, 0.1) is 17.2 Å². The molecular weight excluding hydrogens is 408 g/mol. The second-order valence-electron chi connectivity index (χ2n) is 5.98. The van der Waals surface area contributed by atoms with Crippen LogP contribution in [0.25, 0.3) is 0 Å². The Kier molecular flexibility index (Phi) is 4.86. The molecule has 7 heteroatoms. The molecule has 0 spiro atoms. The highest BCUT2D eigenvalue weighted by Gasteiger charge is 2.38. The summed E-state index contributed by atoms with van der Waals surface area (Å²) >= 11 is 6.24. The molecule has 25 heavy (non-hydrogen) atoms. The molecule has 2 aromatic carbocycles. The Balaban J connectivity index is 0.00000182. The smallest absolute Gasteiger partial charge is 0.261 e. The molecule has 2 amide bonds. The molecule has 0 saturated heterocycles. The maximum absolute atomic E-state index is 12.5. The monoisotopic (exact) mass is 422 g/mol. The van der Waals surface area contributed by atoms with Crippen molar-refractivity contribution < 1.29 is 14.7 Å². The Hall–Kier alpha value is -1.89. The van der Waals surface area contributed by atoms with E-state index in [1.54, 1.807) is 36.4 Å². The average molecular weight is 424 g/mol. The van der Waals surface area contributed by atoms with Gasteiger partial charge in [-0.25, -0.2) is 0 Å². The fourth-order valence-corrected chi connectivity index (χ4v) is 3.74. The Morgan fingerprint density at radius 2 is 1.76 bits per heavy atom. The molecule has 130 valence electrons. The van der Waals surface area contributed by atoms with E-state index >= 15 is 0 Å². The Labute approximate surface area is 160 Å². The number of halogens is 2. The lowest BCUT2D eigenvalue weighted by Crippen LogP contribution is -2.41. The van der Waals surface area contributed by atoms with Gasteiger partial charge in [0.15, 0.2) is 0 Å². The van der Waals surface area contributed by atoms with Gasteiger partial charge in [-0.3, -0.25) is 14.5 Å². The van der Waals surface area contributed by atoms with Crippen LogP contribution in [0.15, 0.2) is 36.4 Å². The van der Waals surface area contributed by atoms with E-state index in [4.69, 9.17) is 11.6 Å². The third kappa shape index (κ3) is 2.84. The molecule has 2 aliphatic heterocycles. The zero-order valence-electron chi connectivity index (χ0n) is 13.2. The first-order valence-electron chi connectivity index (χ1n) is 7.77. The maximum Gasteiger partial charge on any atom is 0.261 e. The van der Waals surface area contributed by atoms with Crippen molar-refractivity contribution in [2.45, 2.75) is 12.5 Å². The van der Waals surface area contributed by atoms with Gasteiger partial charge in [-0.2, -0.15) is 0 Å². The van der Waals surface area contributed by atoms with Crippen LogP contribution in [-0.4, -0.2) is 34.9 Å². The first-order chi connectivity index (χ1) is 11.6. The molecule has 2 aromatic rings. The average Bonchev–Trinajstić information content (AvgIpc) is 2.84. The number of carbonyl (C=O) groups excluding carboxylic acids is 2. The molecule has 0 saturated carbocycles. The molecule has 1 unspecified atom stereocenters. The van der Waals surface area contributed by atoms with E-state index in [0.717, 1.165) is 5.56 Å². The van der Waals surface area contributed by atoms with Crippen molar-refractivity contribution in [3.8, 4) is 5.75 Å². The Morgan fingerprint density at radius 1 is 1.12 bits per heavy atom. The summed E-state index contributed by atoms with van der Waals surface area (Å²) in [6.45, 7) is 0.831. The maximum atomic E-state index is 12.5. The molecule has 4 rings (SSSR count). The van der Waals surface area contributed by atoms with Gasteiger partial charge in [0.1, 0.15) is 5.75 Å². The van der Waals surface area contributed by atoms with Crippen molar-refractivity contribution in [3.05, 3.63) is 63.7 Å². The van der Waals surface area contributed by atoms with Crippen molar-refractivity contribution >= 4 is 40.4 Å². The predicted molar refractivity (Wildman–Crippen MR) is 99.7 cm³/mol. The number of aromatic hydroxyl groups is 1. The van der Waals surface area contributed by atoms with Gasteiger partial charge in [0.25, 0.3) is 11.8 Å². The fourth-order valence-electron chi connectivity index (χ4n) is 3.49. The molecule has 0 aliphatic carbocycles. The van der Waals surface area contributed by atoms with Crippen LogP contribution in [0.3, 0.4) is 0 Å².